The van der Waals surface area contributed by atoms with Gasteiger partial charge in [0.15, 0.2) is 0 Å². The van der Waals surface area contributed by atoms with Gasteiger partial charge in [0.1, 0.15) is 0 Å². The predicted molar refractivity (Wildman–Crippen MR) is 124 cm³/mol. The highest BCUT2D eigenvalue weighted by atomic mass is 16.2. The molecule has 2 heterocycles. The Balaban J connectivity index is 1.33. The van der Waals surface area contributed by atoms with Crippen LogP contribution in [0, 0.1) is 12.8 Å². The maximum absolute atomic E-state index is 13.0. The van der Waals surface area contributed by atoms with Crippen molar-refractivity contribution in [2.24, 2.45) is 5.92 Å². The predicted octanol–water partition coefficient (Wildman–Crippen LogP) is 4.47. The summed E-state index contributed by atoms with van der Waals surface area (Å²) in [6, 6.07) is 16.1. The topological polar surface area (TPSA) is 52.7 Å². The van der Waals surface area contributed by atoms with Crippen molar-refractivity contribution in [3.05, 3.63) is 65.2 Å². The summed E-state index contributed by atoms with van der Waals surface area (Å²) >= 11 is 0. The summed E-state index contributed by atoms with van der Waals surface area (Å²) in [4.78, 5) is 30.3. The number of hydrogen-bond acceptors (Lipinski definition) is 3. The molecule has 2 aromatic rings. The highest BCUT2D eigenvalue weighted by molar-refractivity contribution is 6.04. The van der Waals surface area contributed by atoms with Crippen LogP contribution in [0.25, 0.3) is 0 Å². The molecule has 0 unspecified atom stereocenters. The summed E-state index contributed by atoms with van der Waals surface area (Å²) in [5.41, 5.74) is 3.86. The summed E-state index contributed by atoms with van der Waals surface area (Å²) in [7, 11) is 0. The molecule has 0 aromatic heterocycles. The van der Waals surface area contributed by atoms with Crippen molar-refractivity contribution >= 4 is 17.5 Å². The molecule has 0 atom stereocenters. The van der Waals surface area contributed by atoms with Crippen molar-refractivity contribution in [3.8, 4) is 0 Å². The van der Waals surface area contributed by atoms with Crippen LogP contribution in [0.15, 0.2) is 48.5 Å². The van der Waals surface area contributed by atoms with Gasteiger partial charge in [0.2, 0.25) is 5.91 Å². The van der Waals surface area contributed by atoms with E-state index in [1.807, 2.05) is 29.2 Å². The molecule has 4 rings (SSSR count). The molecule has 0 saturated carbocycles. The number of nitrogens with one attached hydrogen (secondary N) is 1. The number of hydrogen-bond donors (Lipinski definition) is 1. The van der Waals surface area contributed by atoms with Gasteiger partial charge in [0, 0.05) is 25.6 Å². The van der Waals surface area contributed by atoms with Gasteiger partial charge in [-0.3, -0.25) is 14.5 Å². The van der Waals surface area contributed by atoms with Crippen LogP contribution >= 0.6 is 0 Å². The van der Waals surface area contributed by atoms with Crippen LogP contribution in [-0.2, 0) is 11.3 Å². The van der Waals surface area contributed by atoms with Crippen LogP contribution in [0.1, 0.15) is 53.6 Å². The molecular weight excluding hydrogens is 386 g/mol. The second-order valence-corrected chi connectivity index (χ2v) is 8.93. The van der Waals surface area contributed by atoms with Gasteiger partial charge < -0.3 is 10.2 Å². The molecule has 0 spiro atoms. The van der Waals surface area contributed by atoms with E-state index in [9.17, 15) is 9.59 Å². The molecule has 5 nitrogen and oxygen atoms in total. The van der Waals surface area contributed by atoms with Crippen molar-refractivity contribution < 1.29 is 9.59 Å². The van der Waals surface area contributed by atoms with Crippen LogP contribution in [-0.4, -0.2) is 47.8 Å². The first kappa shape index (κ1) is 21.6. The number of carbonyl (C=O) groups is 2. The molecule has 164 valence electrons. The second kappa shape index (κ2) is 10.1. The Morgan fingerprint density at radius 3 is 2.42 bits per heavy atom. The molecule has 0 radical (unpaired) electrons. The lowest BCUT2D eigenvalue weighted by molar-refractivity contribution is -0.121. The third kappa shape index (κ3) is 5.53. The molecule has 2 aliphatic rings. The number of amides is 2. The lowest BCUT2D eigenvalue weighted by Crippen LogP contribution is -2.38. The van der Waals surface area contributed by atoms with E-state index in [4.69, 9.17) is 0 Å². The highest BCUT2D eigenvalue weighted by Gasteiger charge is 2.27. The van der Waals surface area contributed by atoms with E-state index >= 15 is 0 Å². The Labute approximate surface area is 185 Å². The van der Waals surface area contributed by atoms with Crippen molar-refractivity contribution in [2.75, 3.05) is 31.5 Å². The van der Waals surface area contributed by atoms with Gasteiger partial charge in [-0.2, -0.15) is 0 Å². The molecule has 2 saturated heterocycles. The quantitative estimate of drug-likeness (QED) is 0.778. The minimum Gasteiger partial charge on any atom is -0.339 e. The number of anilines is 1. The maximum atomic E-state index is 13.0. The van der Waals surface area contributed by atoms with Crippen LogP contribution in [0.3, 0.4) is 0 Å². The number of piperidine rings is 2. The van der Waals surface area contributed by atoms with Gasteiger partial charge >= 0.3 is 0 Å². The molecule has 2 amide bonds. The number of para-hydroxylation sites is 1. The summed E-state index contributed by atoms with van der Waals surface area (Å²) in [5.74, 6) is 0.0598. The Hall–Kier alpha value is -2.66. The van der Waals surface area contributed by atoms with Crippen molar-refractivity contribution in [2.45, 2.75) is 45.6 Å². The zero-order valence-corrected chi connectivity index (χ0v) is 18.5. The molecular formula is C26H33N3O2. The summed E-state index contributed by atoms with van der Waals surface area (Å²) in [6.45, 7) is 6.50. The number of aryl methyl sites for hydroxylation is 1. The number of nitrogens with zero attached hydrogens (tertiary/aromatic N) is 2. The average Bonchev–Trinajstić information content (AvgIpc) is 2.80. The molecule has 1 N–H and O–H groups in total. The number of rotatable bonds is 5. The van der Waals surface area contributed by atoms with E-state index in [0.29, 0.717) is 11.3 Å². The zero-order valence-electron chi connectivity index (χ0n) is 18.5. The number of likely N-dealkylation sites (tertiary alicyclic amines) is 2. The molecule has 2 fully saturated rings. The summed E-state index contributed by atoms with van der Waals surface area (Å²) in [6.07, 6.45) is 4.99. The molecule has 2 aromatic carbocycles. The fourth-order valence-corrected chi connectivity index (χ4v) is 4.70. The number of carbonyl (C=O) groups excluding carboxylic acids is 2. The van der Waals surface area contributed by atoms with Crippen molar-refractivity contribution in [1.29, 1.82) is 0 Å². The largest absolute Gasteiger partial charge is 0.339 e. The zero-order chi connectivity index (χ0) is 21.6. The number of benzene rings is 2. The van der Waals surface area contributed by atoms with Crippen LogP contribution in [0.2, 0.25) is 0 Å². The minimum absolute atomic E-state index is 0.00750. The van der Waals surface area contributed by atoms with Gasteiger partial charge in [0.05, 0.1) is 11.3 Å². The first-order valence-electron chi connectivity index (χ1n) is 11.6. The van der Waals surface area contributed by atoms with Gasteiger partial charge in [-0.15, -0.1) is 0 Å². The van der Waals surface area contributed by atoms with Gasteiger partial charge in [-0.05, 0) is 69.8 Å². The monoisotopic (exact) mass is 419 g/mol. The SMILES string of the molecule is Cc1cccc(CN2CCC(C(=O)Nc3ccccc3C(=O)N3CCCCC3)CC2)c1. The summed E-state index contributed by atoms with van der Waals surface area (Å²) in [5, 5.41) is 3.07. The third-order valence-electron chi connectivity index (χ3n) is 6.51. The summed E-state index contributed by atoms with van der Waals surface area (Å²) < 4.78 is 0. The van der Waals surface area contributed by atoms with E-state index in [1.54, 1.807) is 0 Å². The van der Waals surface area contributed by atoms with E-state index < -0.39 is 0 Å². The molecule has 2 aliphatic heterocycles. The highest BCUT2D eigenvalue weighted by Crippen LogP contribution is 2.24. The Kier molecular flexibility index (Phi) is 7.03. The van der Waals surface area contributed by atoms with Crippen molar-refractivity contribution in [3.63, 3.8) is 0 Å². The van der Waals surface area contributed by atoms with Gasteiger partial charge in [-0.25, -0.2) is 0 Å². The smallest absolute Gasteiger partial charge is 0.255 e. The second-order valence-electron chi connectivity index (χ2n) is 8.93. The standard InChI is InChI=1S/C26H33N3O2/c1-20-8-7-9-21(18-20)19-28-16-12-22(13-17-28)25(30)27-24-11-4-3-10-23(24)26(31)29-14-5-2-6-15-29/h3-4,7-11,18,22H,2,5-6,12-17,19H2,1H3,(H,27,30). The lowest BCUT2D eigenvalue weighted by Gasteiger charge is -2.31. The van der Waals surface area contributed by atoms with Crippen LogP contribution in [0.4, 0.5) is 5.69 Å². The van der Waals surface area contributed by atoms with Gasteiger partial charge in [-0.1, -0.05) is 42.0 Å². The molecule has 31 heavy (non-hydrogen) atoms. The Morgan fingerprint density at radius 2 is 1.68 bits per heavy atom. The third-order valence-corrected chi connectivity index (χ3v) is 6.51. The molecule has 0 bridgehead atoms. The van der Waals surface area contributed by atoms with Gasteiger partial charge in [0.25, 0.3) is 5.91 Å². The normalized spacial score (nSPS) is 18.0. The lowest BCUT2D eigenvalue weighted by atomic mass is 9.95. The first-order valence-corrected chi connectivity index (χ1v) is 11.6. The maximum Gasteiger partial charge on any atom is 0.255 e. The minimum atomic E-state index is -0.00750. The van der Waals surface area contributed by atoms with Crippen molar-refractivity contribution in [1.82, 2.24) is 9.80 Å². The van der Waals surface area contributed by atoms with E-state index in [1.165, 1.54) is 17.5 Å². The molecule has 5 heteroatoms. The fourth-order valence-electron chi connectivity index (χ4n) is 4.70. The first-order chi connectivity index (χ1) is 15.1. The van der Waals surface area contributed by atoms with E-state index in [-0.39, 0.29) is 17.7 Å². The van der Waals surface area contributed by atoms with E-state index in [0.717, 1.165) is 58.4 Å². The fraction of sp³-hybridized carbons (Fsp3) is 0.462. The molecule has 0 aliphatic carbocycles. The average molecular weight is 420 g/mol. The Morgan fingerprint density at radius 1 is 0.935 bits per heavy atom. The van der Waals surface area contributed by atoms with Crippen LogP contribution in [0.5, 0.6) is 0 Å². The van der Waals surface area contributed by atoms with Crippen LogP contribution < -0.4 is 5.32 Å². The van der Waals surface area contributed by atoms with E-state index in [2.05, 4.69) is 41.4 Å². The Bertz CT molecular complexity index is 912.